The molecule has 0 aliphatic carbocycles. The molecule has 4 atom stereocenters. The van der Waals surface area contributed by atoms with Crippen LogP contribution in [0.2, 0.25) is 0 Å². The quantitative estimate of drug-likeness (QED) is 0.644. The van der Waals surface area contributed by atoms with E-state index in [1.54, 1.807) is 0 Å². The van der Waals surface area contributed by atoms with Crippen molar-refractivity contribution in [3.05, 3.63) is 17.0 Å². The van der Waals surface area contributed by atoms with E-state index in [0.717, 1.165) is 34.7 Å². The summed E-state index contributed by atoms with van der Waals surface area (Å²) >= 11 is 0. The minimum absolute atomic E-state index is 0.0688. The number of rotatable bonds is 9. The van der Waals surface area contributed by atoms with Gasteiger partial charge in [-0.3, -0.25) is 9.48 Å². The van der Waals surface area contributed by atoms with Gasteiger partial charge in [-0.25, -0.2) is 8.42 Å². The summed E-state index contributed by atoms with van der Waals surface area (Å²) in [6.45, 7) is 13.6. The van der Waals surface area contributed by atoms with Crippen LogP contribution in [0.5, 0.6) is 0 Å². The van der Waals surface area contributed by atoms with Crippen molar-refractivity contribution in [1.82, 2.24) is 14.7 Å². The number of hydrogen-bond acceptors (Lipinski definition) is 4. The highest BCUT2D eigenvalue weighted by Crippen LogP contribution is 2.26. The number of carbonyl (C=O) groups excluding carboxylic acids is 1. The monoisotopic (exact) mass is 427 g/mol. The Morgan fingerprint density at radius 2 is 1.83 bits per heavy atom. The molecule has 1 aliphatic rings. The predicted octanol–water partition coefficient (Wildman–Crippen LogP) is 1.30. The molecule has 1 aromatic rings. The number of aromatic nitrogens is 2. The molecule has 1 saturated heterocycles. The van der Waals surface area contributed by atoms with E-state index < -0.39 is 9.84 Å². The average Bonchev–Trinajstić information content (AvgIpc) is 3.14. The molecule has 0 aromatic carbocycles. The molecule has 7 nitrogen and oxygen atoms in total. The number of carbonyl (C=O) groups is 1. The average molecular weight is 428 g/mol. The maximum Gasteiger partial charge on any atom is 0.278 e. The second kappa shape index (κ2) is 9.60. The van der Waals surface area contributed by atoms with Crippen molar-refractivity contribution in [1.29, 1.82) is 0 Å². The van der Waals surface area contributed by atoms with Gasteiger partial charge < -0.3 is 9.80 Å². The molecule has 1 fully saturated rings. The van der Waals surface area contributed by atoms with Gasteiger partial charge in [0.05, 0.1) is 35.9 Å². The van der Waals surface area contributed by atoms with E-state index in [1.807, 2.05) is 30.5 Å². The Hall–Kier alpha value is -1.41. The molecule has 1 unspecified atom stereocenters. The van der Waals surface area contributed by atoms with Gasteiger partial charge in [0, 0.05) is 17.8 Å². The number of amides is 1. The fourth-order valence-electron chi connectivity index (χ4n) is 4.31. The molecule has 1 aromatic heterocycles. The molecule has 0 radical (unpaired) electrons. The van der Waals surface area contributed by atoms with Gasteiger partial charge in [-0.15, -0.1) is 0 Å². The molecule has 1 amide bonds. The van der Waals surface area contributed by atoms with Crippen LogP contribution in [0.15, 0.2) is 0 Å². The Balaban J connectivity index is 2.10. The van der Waals surface area contributed by atoms with Gasteiger partial charge >= 0.3 is 0 Å². The van der Waals surface area contributed by atoms with Gasteiger partial charge in [0.25, 0.3) is 5.91 Å². The van der Waals surface area contributed by atoms with Crippen LogP contribution in [0.3, 0.4) is 0 Å². The Morgan fingerprint density at radius 1 is 1.24 bits per heavy atom. The van der Waals surface area contributed by atoms with E-state index in [4.69, 9.17) is 0 Å². The zero-order chi connectivity index (χ0) is 21.9. The third kappa shape index (κ3) is 5.60. The minimum atomic E-state index is -2.95. The maximum atomic E-state index is 13.0. The number of aryl methyl sites for hydroxylation is 1. The minimum Gasteiger partial charge on any atom is -0.332 e. The van der Waals surface area contributed by atoms with Crippen LogP contribution in [0.1, 0.15) is 70.0 Å². The number of nitrogens with one attached hydrogen (secondary N) is 1. The van der Waals surface area contributed by atoms with Gasteiger partial charge in [0.1, 0.15) is 6.54 Å². The van der Waals surface area contributed by atoms with Crippen LogP contribution in [0.25, 0.3) is 0 Å². The van der Waals surface area contributed by atoms with Gasteiger partial charge in [-0.2, -0.15) is 5.10 Å². The molecule has 1 aliphatic heterocycles. The highest BCUT2D eigenvalue weighted by molar-refractivity contribution is 7.91. The predicted molar refractivity (Wildman–Crippen MR) is 116 cm³/mol. The standard InChI is InChI=1S/C21H38N4O3S/c1-8-15(3)24(16(4)9-2)21(26)13-23(7)12-20-17(5)22-25(18(20)6)19-10-11-29(27,28)14-19/h15-16,19H,8-14H2,1-7H3/p+1/t15-,16-,19+/m0/s1. The van der Waals surface area contributed by atoms with Gasteiger partial charge in [-0.1, -0.05) is 13.8 Å². The van der Waals surface area contributed by atoms with Gasteiger partial charge in [0.2, 0.25) is 0 Å². The Bertz CT molecular complexity index is 808. The lowest BCUT2D eigenvalue weighted by Crippen LogP contribution is -3.09. The van der Waals surface area contributed by atoms with Crippen LogP contribution in [0.4, 0.5) is 0 Å². The Labute approximate surface area is 176 Å². The van der Waals surface area contributed by atoms with Crippen LogP contribution in [-0.2, 0) is 21.2 Å². The topological polar surface area (TPSA) is 76.7 Å². The summed E-state index contributed by atoms with van der Waals surface area (Å²) in [5.74, 6) is 0.608. The second-order valence-electron chi connectivity index (χ2n) is 8.78. The lowest BCUT2D eigenvalue weighted by molar-refractivity contribution is -0.885. The summed E-state index contributed by atoms with van der Waals surface area (Å²) in [6, 6.07) is 0.405. The highest BCUT2D eigenvalue weighted by Gasteiger charge is 2.32. The largest absolute Gasteiger partial charge is 0.332 e. The maximum absolute atomic E-state index is 13.0. The lowest BCUT2D eigenvalue weighted by atomic mass is 10.1. The van der Waals surface area contributed by atoms with Gasteiger partial charge in [-0.05, 0) is 47.0 Å². The fraction of sp³-hybridized carbons (Fsp3) is 0.810. The number of sulfone groups is 1. The van der Waals surface area contributed by atoms with E-state index in [-0.39, 0.29) is 35.5 Å². The van der Waals surface area contributed by atoms with Crippen molar-refractivity contribution in [3.8, 4) is 0 Å². The molecule has 0 spiro atoms. The third-order valence-corrected chi connectivity index (χ3v) is 8.13. The second-order valence-corrected chi connectivity index (χ2v) is 11.0. The molecular formula is C21H39N4O3S+. The van der Waals surface area contributed by atoms with E-state index in [9.17, 15) is 13.2 Å². The summed E-state index contributed by atoms with van der Waals surface area (Å²) in [5, 5.41) is 4.65. The molecule has 0 bridgehead atoms. The summed E-state index contributed by atoms with van der Waals surface area (Å²) in [4.78, 5) is 16.2. The van der Waals surface area contributed by atoms with E-state index >= 15 is 0 Å². The summed E-state index contributed by atoms with van der Waals surface area (Å²) in [5.41, 5.74) is 3.08. The summed E-state index contributed by atoms with van der Waals surface area (Å²) in [7, 11) is -0.909. The first kappa shape index (κ1) is 23.9. The number of nitrogens with zero attached hydrogens (tertiary/aromatic N) is 3. The number of likely N-dealkylation sites (N-methyl/N-ethyl adjacent to an activating group) is 1. The van der Waals surface area contributed by atoms with Gasteiger partial charge in [0.15, 0.2) is 16.4 Å². The molecule has 2 heterocycles. The van der Waals surface area contributed by atoms with Crippen LogP contribution in [0, 0.1) is 13.8 Å². The smallest absolute Gasteiger partial charge is 0.278 e. The zero-order valence-electron chi connectivity index (χ0n) is 19.2. The molecular weight excluding hydrogens is 388 g/mol. The first-order valence-corrected chi connectivity index (χ1v) is 12.7. The van der Waals surface area contributed by atoms with Crippen molar-refractivity contribution in [2.24, 2.45) is 0 Å². The molecule has 0 saturated carbocycles. The molecule has 1 N–H and O–H groups in total. The fourth-order valence-corrected chi connectivity index (χ4v) is 6.00. The van der Waals surface area contributed by atoms with Crippen LogP contribution in [-0.4, -0.2) is 66.2 Å². The van der Waals surface area contributed by atoms with Crippen molar-refractivity contribution in [3.63, 3.8) is 0 Å². The molecule has 8 heteroatoms. The SMILES string of the molecule is CC[C@H](C)N(C(=O)C[NH+](C)Cc1c(C)nn([C@@H]2CCS(=O)(=O)C2)c1C)[C@@H](C)CC. The normalized spacial score (nSPS) is 21.7. The van der Waals surface area contributed by atoms with E-state index in [0.29, 0.717) is 19.5 Å². The molecule has 166 valence electrons. The van der Waals surface area contributed by atoms with E-state index in [2.05, 4.69) is 32.8 Å². The van der Waals surface area contributed by atoms with E-state index in [1.165, 1.54) is 0 Å². The van der Waals surface area contributed by atoms with Crippen molar-refractivity contribution in [2.75, 3.05) is 25.1 Å². The first-order chi connectivity index (χ1) is 13.5. The number of hydrogen-bond donors (Lipinski definition) is 1. The Morgan fingerprint density at radius 3 is 2.31 bits per heavy atom. The van der Waals surface area contributed by atoms with Crippen molar-refractivity contribution in [2.45, 2.75) is 85.5 Å². The highest BCUT2D eigenvalue weighted by atomic mass is 32.2. The third-order valence-electron chi connectivity index (χ3n) is 6.38. The van der Waals surface area contributed by atoms with Crippen LogP contribution >= 0.6 is 0 Å². The zero-order valence-corrected chi connectivity index (χ0v) is 20.0. The lowest BCUT2D eigenvalue weighted by Gasteiger charge is -2.34. The molecule has 29 heavy (non-hydrogen) atoms. The van der Waals surface area contributed by atoms with Crippen molar-refractivity contribution < 1.29 is 18.1 Å². The first-order valence-electron chi connectivity index (χ1n) is 10.9. The summed E-state index contributed by atoms with van der Waals surface area (Å²) in [6.07, 6.45) is 2.53. The number of quaternary nitrogens is 1. The molecule has 2 rings (SSSR count). The Kier molecular flexibility index (Phi) is 7.90. The summed E-state index contributed by atoms with van der Waals surface area (Å²) < 4.78 is 25.6. The van der Waals surface area contributed by atoms with Crippen LogP contribution < -0.4 is 4.90 Å². The van der Waals surface area contributed by atoms with Crippen molar-refractivity contribution >= 4 is 15.7 Å².